The van der Waals surface area contributed by atoms with Crippen molar-refractivity contribution in [1.29, 1.82) is 0 Å². The highest BCUT2D eigenvalue weighted by atomic mass is 35.5. The summed E-state index contributed by atoms with van der Waals surface area (Å²) in [6.45, 7) is 0.394. The Morgan fingerprint density at radius 3 is 2.63 bits per heavy atom. The van der Waals surface area contributed by atoms with E-state index >= 15 is 0 Å². The lowest BCUT2D eigenvalue weighted by Gasteiger charge is -2.07. The molecule has 0 aliphatic carbocycles. The summed E-state index contributed by atoms with van der Waals surface area (Å²) >= 11 is 11.9. The van der Waals surface area contributed by atoms with Crippen LogP contribution in [0.4, 0.5) is 4.39 Å². The van der Waals surface area contributed by atoms with E-state index in [1.165, 1.54) is 21.6 Å². The quantitative estimate of drug-likeness (QED) is 0.522. The number of fused-ring (bicyclic) bond motifs is 1. The number of aromatic nitrogens is 5. The maximum Gasteiger partial charge on any atom is 0.283 e. The van der Waals surface area contributed by atoms with Crippen molar-refractivity contribution < 1.29 is 4.39 Å². The van der Waals surface area contributed by atoms with Crippen molar-refractivity contribution >= 4 is 34.4 Å². The van der Waals surface area contributed by atoms with Gasteiger partial charge in [0.15, 0.2) is 11.2 Å². The largest absolute Gasteiger partial charge is 0.293 e. The summed E-state index contributed by atoms with van der Waals surface area (Å²) in [6.07, 6.45) is 1.41. The molecule has 0 bridgehead atoms. The molecule has 0 fully saturated rings. The van der Waals surface area contributed by atoms with Gasteiger partial charge in [-0.05, 0) is 23.8 Å². The van der Waals surface area contributed by atoms with Crippen molar-refractivity contribution in [2.45, 2.75) is 13.1 Å². The van der Waals surface area contributed by atoms with Gasteiger partial charge < -0.3 is 0 Å². The summed E-state index contributed by atoms with van der Waals surface area (Å²) < 4.78 is 16.7. The summed E-state index contributed by atoms with van der Waals surface area (Å²) in [5.41, 5.74) is 1.31. The molecule has 27 heavy (non-hydrogen) atoms. The summed E-state index contributed by atoms with van der Waals surface area (Å²) in [6, 6.07) is 11.5. The lowest BCUT2D eigenvalue weighted by molar-refractivity contribution is 0.581. The molecule has 0 N–H and O–H groups in total. The Bertz CT molecular complexity index is 1200. The highest BCUT2D eigenvalue weighted by Gasteiger charge is 2.14. The van der Waals surface area contributed by atoms with Crippen molar-refractivity contribution in [2.24, 2.45) is 0 Å². The molecule has 9 heteroatoms. The first-order valence-electron chi connectivity index (χ1n) is 7.99. The van der Waals surface area contributed by atoms with Gasteiger partial charge in [-0.3, -0.25) is 9.36 Å². The molecule has 0 amide bonds. The molecule has 0 radical (unpaired) electrons. The van der Waals surface area contributed by atoms with Gasteiger partial charge in [-0.15, -0.1) is 5.10 Å². The van der Waals surface area contributed by atoms with E-state index in [-0.39, 0.29) is 30.0 Å². The van der Waals surface area contributed by atoms with E-state index in [0.717, 1.165) is 5.56 Å². The fraction of sp³-hybridized carbons (Fsp3) is 0.111. The van der Waals surface area contributed by atoms with Gasteiger partial charge in [0.1, 0.15) is 12.1 Å². The van der Waals surface area contributed by atoms with Gasteiger partial charge in [0.2, 0.25) is 0 Å². The van der Waals surface area contributed by atoms with Crippen LogP contribution in [0.15, 0.2) is 53.6 Å². The third-order valence-corrected chi connectivity index (χ3v) is 4.85. The highest BCUT2D eigenvalue weighted by Crippen LogP contribution is 2.22. The normalized spacial score (nSPS) is 11.2. The second-order valence-corrected chi connectivity index (χ2v) is 6.75. The lowest BCUT2D eigenvalue weighted by atomic mass is 10.2. The van der Waals surface area contributed by atoms with E-state index in [0.29, 0.717) is 21.3 Å². The van der Waals surface area contributed by atoms with Crippen molar-refractivity contribution in [3.05, 3.63) is 86.1 Å². The predicted molar refractivity (Wildman–Crippen MR) is 101 cm³/mol. The Labute approximate surface area is 162 Å². The molecule has 2 heterocycles. The minimum Gasteiger partial charge on any atom is -0.293 e. The van der Waals surface area contributed by atoms with E-state index in [4.69, 9.17) is 23.2 Å². The van der Waals surface area contributed by atoms with Crippen LogP contribution in [0.2, 0.25) is 10.0 Å². The van der Waals surface area contributed by atoms with E-state index in [1.54, 1.807) is 36.4 Å². The Hall–Kier alpha value is -2.77. The molecular formula is C18H12Cl2FN5O. The molecule has 2 aromatic heterocycles. The van der Waals surface area contributed by atoms with Crippen molar-refractivity contribution in [1.82, 2.24) is 24.5 Å². The van der Waals surface area contributed by atoms with E-state index < -0.39 is 0 Å². The Kier molecular flexibility index (Phi) is 4.63. The number of benzene rings is 2. The van der Waals surface area contributed by atoms with Crippen LogP contribution in [0.1, 0.15) is 11.1 Å². The molecule has 136 valence electrons. The highest BCUT2D eigenvalue weighted by molar-refractivity contribution is 6.42. The summed E-state index contributed by atoms with van der Waals surface area (Å²) in [5, 5.41) is 8.73. The molecule has 4 aromatic rings. The zero-order valence-corrected chi connectivity index (χ0v) is 15.3. The SMILES string of the molecule is O=c1c2nnn(Cc3ccccc3F)c2ncn1Cc1ccc(Cl)c(Cl)c1. The average molecular weight is 404 g/mol. The van der Waals surface area contributed by atoms with Crippen LogP contribution >= 0.6 is 23.2 Å². The summed E-state index contributed by atoms with van der Waals surface area (Å²) in [5.74, 6) is -0.353. The van der Waals surface area contributed by atoms with Gasteiger partial charge in [-0.1, -0.05) is 52.7 Å². The van der Waals surface area contributed by atoms with Crippen LogP contribution < -0.4 is 5.56 Å². The van der Waals surface area contributed by atoms with Crippen molar-refractivity contribution in [3.63, 3.8) is 0 Å². The molecular weight excluding hydrogens is 392 g/mol. The van der Waals surface area contributed by atoms with Gasteiger partial charge in [0.25, 0.3) is 5.56 Å². The third kappa shape index (κ3) is 3.43. The predicted octanol–water partition coefficient (Wildman–Crippen LogP) is 3.53. The van der Waals surface area contributed by atoms with Gasteiger partial charge in [-0.2, -0.15) is 0 Å². The molecule has 0 saturated heterocycles. The first kappa shape index (κ1) is 17.6. The standard InChI is InChI=1S/C18H12Cl2FN5O/c19-13-6-5-11(7-14(13)20)8-25-10-22-17-16(18(25)27)23-24-26(17)9-12-3-1-2-4-15(12)21/h1-7,10H,8-9H2. The van der Waals surface area contributed by atoms with Crippen LogP contribution in [0, 0.1) is 5.82 Å². The number of halogens is 3. The van der Waals surface area contributed by atoms with Crippen LogP contribution in [0.5, 0.6) is 0 Å². The molecule has 0 saturated carbocycles. The van der Waals surface area contributed by atoms with Gasteiger partial charge in [0, 0.05) is 5.56 Å². The van der Waals surface area contributed by atoms with Gasteiger partial charge in [-0.25, -0.2) is 14.1 Å². The van der Waals surface area contributed by atoms with E-state index in [9.17, 15) is 9.18 Å². The molecule has 4 rings (SSSR count). The molecule has 0 aliphatic heterocycles. The molecule has 0 atom stereocenters. The molecule has 0 aliphatic rings. The minimum atomic E-state index is -0.353. The minimum absolute atomic E-state index is 0.119. The van der Waals surface area contributed by atoms with Crippen LogP contribution in [0.25, 0.3) is 11.2 Å². The first-order chi connectivity index (χ1) is 13.0. The molecule has 6 nitrogen and oxygen atoms in total. The first-order valence-corrected chi connectivity index (χ1v) is 8.74. The molecule has 0 spiro atoms. The third-order valence-electron chi connectivity index (χ3n) is 4.11. The number of nitrogens with zero attached hydrogens (tertiary/aromatic N) is 5. The van der Waals surface area contributed by atoms with Crippen LogP contribution in [-0.4, -0.2) is 24.5 Å². The van der Waals surface area contributed by atoms with Crippen LogP contribution in [-0.2, 0) is 13.1 Å². The molecule has 2 aromatic carbocycles. The number of hydrogen-bond acceptors (Lipinski definition) is 4. The van der Waals surface area contributed by atoms with E-state index in [2.05, 4.69) is 15.3 Å². The maximum atomic E-state index is 13.9. The van der Waals surface area contributed by atoms with Gasteiger partial charge in [0.05, 0.1) is 23.1 Å². The Balaban J connectivity index is 1.68. The average Bonchev–Trinajstić information content (AvgIpc) is 3.06. The second kappa shape index (κ2) is 7.09. The monoisotopic (exact) mass is 403 g/mol. The summed E-state index contributed by atoms with van der Waals surface area (Å²) in [7, 11) is 0. The van der Waals surface area contributed by atoms with Crippen molar-refractivity contribution in [3.8, 4) is 0 Å². The van der Waals surface area contributed by atoms with Gasteiger partial charge >= 0.3 is 0 Å². The number of hydrogen-bond donors (Lipinski definition) is 0. The van der Waals surface area contributed by atoms with E-state index in [1.807, 2.05) is 0 Å². The van der Waals surface area contributed by atoms with Crippen LogP contribution in [0.3, 0.4) is 0 Å². The lowest BCUT2D eigenvalue weighted by Crippen LogP contribution is -2.21. The smallest absolute Gasteiger partial charge is 0.283 e. The Morgan fingerprint density at radius 1 is 1.04 bits per heavy atom. The zero-order valence-electron chi connectivity index (χ0n) is 13.8. The zero-order chi connectivity index (χ0) is 19.0. The fourth-order valence-corrected chi connectivity index (χ4v) is 3.05. The second-order valence-electron chi connectivity index (χ2n) is 5.94. The van der Waals surface area contributed by atoms with Crippen molar-refractivity contribution in [2.75, 3.05) is 0 Å². The fourth-order valence-electron chi connectivity index (χ4n) is 2.73. The molecule has 0 unspecified atom stereocenters. The Morgan fingerprint density at radius 2 is 1.85 bits per heavy atom. The maximum absolute atomic E-state index is 13.9. The topological polar surface area (TPSA) is 65.6 Å². The number of rotatable bonds is 4. The summed E-state index contributed by atoms with van der Waals surface area (Å²) in [4.78, 5) is 17.0.